The zero-order valence-corrected chi connectivity index (χ0v) is 9.68. The van der Waals surface area contributed by atoms with Gasteiger partial charge in [-0.2, -0.15) is 5.10 Å². The topological polar surface area (TPSA) is 82.7 Å². The number of carbonyl (C=O) groups excluding carboxylic acids is 1. The molecule has 0 aromatic carbocycles. The molecule has 6 nitrogen and oxygen atoms in total. The van der Waals surface area contributed by atoms with E-state index in [2.05, 4.69) is 25.8 Å². The first-order valence-electron chi connectivity index (χ1n) is 4.65. The Hall–Kier alpha value is -1.89. The summed E-state index contributed by atoms with van der Waals surface area (Å²) in [6.45, 7) is 1.91. The molecule has 3 N–H and O–H groups in total. The maximum Gasteiger partial charge on any atom is 0.280 e. The number of amides is 1. The molecule has 2 aromatic rings. The van der Waals surface area contributed by atoms with E-state index in [1.165, 1.54) is 11.3 Å². The van der Waals surface area contributed by atoms with E-state index in [1.54, 1.807) is 12.4 Å². The van der Waals surface area contributed by atoms with Crippen LogP contribution in [0.2, 0.25) is 0 Å². The number of anilines is 2. The number of hydrogen-bond donors (Lipinski definition) is 3. The summed E-state index contributed by atoms with van der Waals surface area (Å²) in [5.74, 6) is 1.12. The van der Waals surface area contributed by atoms with Crippen molar-refractivity contribution in [3.8, 4) is 0 Å². The number of H-pyrrole nitrogens is 1. The van der Waals surface area contributed by atoms with Gasteiger partial charge in [-0.3, -0.25) is 9.89 Å². The molecule has 0 saturated heterocycles. The predicted octanol–water partition coefficient (Wildman–Crippen LogP) is 1.28. The van der Waals surface area contributed by atoms with Gasteiger partial charge in [0.25, 0.3) is 5.91 Å². The molecular weight excluding hydrogens is 226 g/mol. The lowest BCUT2D eigenvalue weighted by atomic mass is 10.5. The van der Waals surface area contributed by atoms with Gasteiger partial charge in [0.15, 0.2) is 10.8 Å². The molecule has 0 saturated carbocycles. The molecule has 0 aliphatic carbocycles. The third kappa shape index (κ3) is 2.19. The van der Waals surface area contributed by atoms with E-state index in [9.17, 15) is 4.79 Å². The van der Waals surface area contributed by atoms with Crippen LogP contribution in [0.1, 0.15) is 15.5 Å². The fourth-order valence-electron chi connectivity index (χ4n) is 1.16. The van der Waals surface area contributed by atoms with Crippen LogP contribution in [0.15, 0.2) is 11.4 Å². The molecule has 0 bridgehead atoms. The Morgan fingerprint density at radius 2 is 2.31 bits per heavy atom. The summed E-state index contributed by atoms with van der Waals surface area (Å²) in [6.07, 6.45) is 0. The van der Waals surface area contributed by atoms with Crippen LogP contribution in [0.4, 0.5) is 11.6 Å². The van der Waals surface area contributed by atoms with Crippen LogP contribution in [-0.2, 0) is 0 Å². The van der Waals surface area contributed by atoms with Crippen molar-refractivity contribution in [2.75, 3.05) is 12.4 Å². The Bertz CT molecular complexity index is 503. The van der Waals surface area contributed by atoms with Crippen molar-refractivity contribution in [3.63, 3.8) is 0 Å². The second kappa shape index (κ2) is 4.31. The molecule has 2 heterocycles. The summed E-state index contributed by atoms with van der Waals surface area (Å²) in [4.78, 5) is 15.4. The second-order valence-corrected chi connectivity index (χ2v) is 4.04. The van der Waals surface area contributed by atoms with E-state index in [0.29, 0.717) is 16.6 Å². The minimum Gasteiger partial charge on any atom is -0.353 e. The van der Waals surface area contributed by atoms with Gasteiger partial charge in [0, 0.05) is 24.2 Å². The Kier molecular flexibility index (Phi) is 2.86. The zero-order valence-electron chi connectivity index (χ0n) is 8.87. The van der Waals surface area contributed by atoms with Gasteiger partial charge in [0.05, 0.1) is 0 Å². The minimum absolute atomic E-state index is 0.184. The lowest BCUT2D eigenvalue weighted by Gasteiger charge is -1.95. The number of rotatable bonds is 3. The molecule has 2 rings (SSSR count). The Morgan fingerprint density at radius 3 is 2.94 bits per heavy atom. The van der Waals surface area contributed by atoms with Gasteiger partial charge in [-0.25, -0.2) is 4.98 Å². The second-order valence-electron chi connectivity index (χ2n) is 3.18. The first kappa shape index (κ1) is 10.6. The molecule has 1 amide bonds. The number of carbonyl (C=O) groups is 1. The quantitative estimate of drug-likeness (QED) is 0.751. The molecule has 16 heavy (non-hydrogen) atoms. The summed E-state index contributed by atoms with van der Waals surface area (Å²) in [5, 5.41) is 14.6. The van der Waals surface area contributed by atoms with Gasteiger partial charge in [0.2, 0.25) is 0 Å². The summed E-state index contributed by atoms with van der Waals surface area (Å²) in [6, 6.07) is 1.86. The highest BCUT2D eigenvalue weighted by atomic mass is 32.1. The van der Waals surface area contributed by atoms with E-state index in [-0.39, 0.29) is 5.91 Å². The Labute approximate surface area is 96.1 Å². The SMILES string of the molecule is CNC(=O)c1nc(Nc2cc(C)[nH]n2)cs1. The minimum atomic E-state index is -0.184. The molecule has 2 aromatic heterocycles. The third-order valence-electron chi connectivity index (χ3n) is 1.89. The molecule has 0 aliphatic rings. The third-order valence-corrected chi connectivity index (χ3v) is 2.73. The normalized spacial score (nSPS) is 10.1. The van der Waals surface area contributed by atoms with Gasteiger partial charge in [-0.05, 0) is 6.92 Å². The highest BCUT2D eigenvalue weighted by Crippen LogP contribution is 2.18. The van der Waals surface area contributed by atoms with Gasteiger partial charge < -0.3 is 10.6 Å². The molecule has 84 valence electrons. The van der Waals surface area contributed by atoms with Gasteiger partial charge in [0.1, 0.15) is 5.82 Å². The number of aryl methyl sites for hydroxylation is 1. The first-order valence-corrected chi connectivity index (χ1v) is 5.53. The summed E-state index contributed by atoms with van der Waals surface area (Å²) in [7, 11) is 1.58. The van der Waals surface area contributed by atoms with Crippen LogP contribution in [0.25, 0.3) is 0 Å². The maximum atomic E-state index is 11.3. The van der Waals surface area contributed by atoms with Crippen molar-refractivity contribution in [2.45, 2.75) is 6.92 Å². The first-order chi connectivity index (χ1) is 7.69. The van der Waals surface area contributed by atoms with E-state index < -0.39 is 0 Å². The largest absolute Gasteiger partial charge is 0.353 e. The fraction of sp³-hybridized carbons (Fsp3) is 0.222. The molecule has 0 fully saturated rings. The van der Waals surface area contributed by atoms with Gasteiger partial charge in [-0.1, -0.05) is 0 Å². The van der Waals surface area contributed by atoms with Crippen LogP contribution in [0.5, 0.6) is 0 Å². The monoisotopic (exact) mass is 237 g/mol. The summed E-state index contributed by atoms with van der Waals surface area (Å²) >= 11 is 1.28. The van der Waals surface area contributed by atoms with Crippen LogP contribution in [0, 0.1) is 6.92 Å². The van der Waals surface area contributed by atoms with Gasteiger partial charge in [-0.15, -0.1) is 11.3 Å². The van der Waals surface area contributed by atoms with E-state index >= 15 is 0 Å². The average molecular weight is 237 g/mol. The van der Waals surface area contributed by atoms with Gasteiger partial charge >= 0.3 is 0 Å². The smallest absolute Gasteiger partial charge is 0.280 e. The summed E-state index contributed by atoms with van der Waals surface area (Å²) < 4.78 is 0. The Morgan fingerprint density at radius 1 is 1.50 bits per heavy atom. The maximum absolute atomic E-state index is 11.3. The van der Waals surface area contributed by atoms with Crippen LogP contribution in [0.3, 0.4) is 0 Å². The summed E-state index contributed by atoms with van der Waals surface area (Å²) in [5.41, 5.74) is 0.962. The van der Waals surface area contributed by atoms with E-state index in [1.807, 2.05) is 13.0 Å². The van der Waals surface area contributed by atoms with Crippen molar-refractivity contribution < 1.29 is 4.79 Å². The van der Waals surface area contributed by atoms with E-state index in [4.69, 9.17) is 0 Å². The average Bonchev–Trinajstić information content (AvgIpc) is 2.87. The van der Waals surface area contributed by atoms with Crippen molar-refractivity contribution in [1.82, 2.24) is 20.5 Å². The standard InChI is InChI=1S/C9H11N5OS/c1-5-3-6(14-13-5)11-7-4-16-9(12-7)8(15)10-2/h3-4H,1-2H3,(H,10,15)(H2,11,13,14). The molecule has 0 spiro atoms. The zero-order chi connectivity index (χ0) is 11.5. The predicted molar refractivity (Wildman–Crippen MR) is 62.1 cm³/mol. The molecule has 0 unspecified atom stereocenters. The van der Waals surface area contributed by atoms with Crippen molar-refractivity contribution >= 4 is 28.9 Å². The molecule has 0 aliphatic heterocycles. The number of hydrogen-bond acceptors (Lipinski definition) is 5. The highest BCUT2D eigenvalue weighted by Gasteiger charge is 2.09. The number of thiazole rings is 1. The van der Waals surface area contributed by atoms with E-state index in [0.717, 1.165) is 5.69 Å². The molecule has 7 heteroatoms. The number of nitrogens with zero attached hydrogens (tertiary/aromatic N) is 2. The molecule has 0 atom stereocenters. The highest BCUT2D eigenvalue weighted by molar-refractivity contribution is 7.12. The van der Waals surface area contributed by atoms with Crippen molar-refractivity contribution in [2.24, 2.45) is 0 Å². The Balaban J connectivity index is 2.11. The molecular formula is C9H11N5OS. The van der Waals surface area contributed by atoms with Crippen molar-refractivity contribution in [1.29, 1.82) is 0 Å². The van der Waals surface area contributed by atoms with Crippen LogP contribution in [-0.4, -0.2) is 28.1 Å². The number of aromatic nitrogens is 3. The lowest BCUT2D eigenvalue weighted by Crippen LogP contribution is -2.17. The number of aromatic amines is 1. The van der Waals surface area contributed by atoms with Crippen LogP contribution < -0.4 is 10.6 Å². The van der Waals surface area contributed by atoms with Crippen molar-refractivity contribution in [3.05, 3.63) is 22.1 Å². The number of nitrogens with one attached hydrogen (secondary N) is 3. The fourth-order valence-corrected chi connectivity index (χ4v) is 1.85. The molecule has 0 radical (unpaired) electrons. The van der Waals surface area contributed by atoms with Crippen LogP contribution >= 0.6 is 11.3 Å². The lowest BCUT2D eigenvalue weighted by molar-refractivity contribution is 0.0963.